The number of nitrogens with zero attached hydrogens (tertiary/aromatic N) is 1. The first-order chi connectivity index (χ1) is 6.46. The van der Waals surface area contributed by atoms with Crippen molar-refractivity contribution >= 4 is 9.68 Å². The zero-order valence-corrected chi connectivity index (χ0v) is 11.5. The molecule has 0 aromatic heterocycles. The van der Waals surface area contributed by atoms with E-state index in [9.17, 15) is 0 Å². The summed E-state index contributed by atoms with van der Waals surface area (Å²) in [6, 6.07) is 0. The van der Waals surface area contributed by atoms with Crippen LogP contribution in [-0.4, -0.2) is 47.3 Å². The number of rotatable bonds is 7. The Balaban J connectivity index is 4.38. The van der Waals surface area contributed by atoms with Crippen molar-refractivity contribution in [2.24, 2.45) is 0 Å². The third-order valence-corrected chi connectivity index (χ3v) is 3.65. The van der Waals surface area contributed by atoms with Crippen LogP contribution in [0.5, 0.6) is 0 Å². The molecular weight excluding hydrogens is 194 g/mol. The molecule has 0 aliphatic carbocycles. The van der Waals surface area contributed by atoms with Gasteiger partial charge in [-0.25, -0.2) is 0 Å². The highest BCUT2D eigenvalue weighted by Crippen LogP contribution is 2.21. The third kappa shape index (κ3) is 4.37. The summed E-state index contributed by atoms with van der Waals surface area (Å²) in [6.07, 6.45) is 0. The zero-order valence-electron chi connectivity index (χ0n) is 10.1. The van der Waals surface area contributed by atoms with E-state index < -0.39 is 15.5 Å². The van der Waals surface area contributed by atoms with E-state index in [0.29, 0.717) is 13.2 Å². The van der Waals surface area contributed by atoms with Gasteiger partial charge >= 0.3 is 0 Å². The van der Waals surface area contributed by atoms with E-state index in [2.05, 4.69) is 25.2 Å². The lowest BCUT2D eigenvalue weighted by molar-refractivity contribution is -0.190. The molecule has 0 bridgehead atoms. The Morgan fingerprint density at radius 3 is 2.00 bits per heavy atom. The molecule has 84 valence electrons. The van der Waals surface area contributed by atoms with Crippen molar-refractivity contribution in [2.75, 3.05) is 27.3 Å². The highest BCUT2D eigenvalue weighted by molar-refractivity contribution is 6.42. The highest BCUT2D eigenvalue weighted by Gasteiger charge is 2.28. The van der Waals surface area contributed by atoms with Gasteiger partial charge in [0.25, 0.3) is 0 Å². The van der Waals surface area contributed by atoms with Gasteiger partial charge in [0.2, 0.25) is 0 Å². The van der Waals surface area contributed by atoms with Gasteiger partial charge in [0.1, 0.15) is 9.68 Å². The predicted molar refractivity (Wildman–Crippen MR) is 63.0 cm³/mol. The lowest BCUT2D eigenvalue weighted by Crippen LogP contribution is -2.40. The molecule has 0 rings (SSSR count). The molecule has 0 N–H and O–H groups in total. The van der Waals surface area contributed by atoms with E-state index in [0.717, 1.165) is 5.20 Å². The van der Waals surface area contributed by atoms with Gasteiger partial charge in [-0.2, -0.15) is 0 Å². The minimum absolute atomic E-state index is 0.485. The Morgan fingerprint density at radius 2 is 1.71 bits per heavy atom. The van der Waals surface area contributed by atoms with E-state index in [1.54, 1.807) is 0 Å². The predicted octanol–water partition coefficient (Wildman–Crippen LogP) is 0.935. The molecule has 0 aromatic rings. The van der Waals surface area contributed by atoms with Crippen molar-refractivity contribution in [3.63, 3.8) is 0 Å². The van der Waals surface area contributed by atoms with Crippen LogP contribution in [0.25, 0.3) is 0 Å². The molecule has 0 radical (unpaired) electrons. The van der Waals surface area contributed by atoms with Crippen LogP contribution in [0.15, 0.2) is 11.8 Å². The minimum atomic E-state index is -0.583. The zero-order chi connectivity index (χ0) is 11.2. The normalized spacial score (nSPS) is 13.0. The Bertz CT molecular complexity index is 177. The Labute approximate surface area is 90.0 Å². The maximum atomic E-state index is 5.62. The minimum Gasteiger partial charge on any atom is -0.347 e. The molecule has 0 unspecified atom stereocenters. The third-order valence-electron chi connectivity index (χ3n) is 1.99. The van der Waals surface area contributed by atoms with Gasteiger partial charge in [-0.3, -0.25) is 0 Å². The van der Waals surface area contributed by atoms with Crippen LogP contribution in [0.2, 0.25) is 0 Å². The van der Waals surface area contributed by atoms with Crippen molar-refractivity contribution in [2.45, 2.75) is 26.6 Å². The van der Waals surface area contributed by atoms with Crippen molar-refractivity contribution in [3.05, 3.63) is 11.8 Å². The summed E-state index contributed by atoms with van der Waals surface area (Å²) in [7, 11) is 3.64. The molecule has 0 heterocycles. The maximum absolute atomic E-state index is 5.62. The van der Waals surface area contributed by atoms with Crippen LogP contribution in [0, 0.1) is 0 Å². The Morgan fingerprint density at radius 1 is 1.29 bits per heavy atom. The largest absolute Gasteiger partial charge is 0.347 e. The summed E-state index contributed by atoms with van der Waals surface area (Å²) < 4.78 is 13.4. The van der Waals surface area contributed by atoms with Crippen molar-refractivity contribution < 1.29 is 9.47 Å². The molecule has 0 spiro atoms. The monoisotopic (exact) mass is 217 g/mol. The maximum Gasteiger partial charge on any atom is 0.184 e. The molecule has 14 heavy (non-hydrogen) atoms. The molecule has 0 atom stereocenters. The van der Waals surface area contributed by atoms with Crippen molar-refractivity contribution in [1.82, 2.24) is 4.57 Å². The van der Waals surface area contributed by atoms with Crippen LogP contribution in [0.1, 0.15) is 20.8 Å². The lowest BCUT2D eigenvalue weighted by atomic mass is 10.3. The van der Waals surface area contributed by atoms with Crippen LogP contribution >= 0.6 is 0 Å². The number of ether oxygens (including phenoxy) is 2. The Kier molecular flexibility index (Phi) is 6.27. The van der Waals surface area contributed by atoms with E-state index in [-0.39, 0.29) is 0 Å². The molecule has 3 nitrogen and oxygen atoms in total. The first-order valence-corrected chi connectivity index (χ1v) is 6.41. The number of hydrogen-bond donors (Lipinski definition) is 0. The fourth-order valence-corrected chi connectivity index (χ4v) is 2.58. The van der Waals surface area contributed by atoms with Gasteiger partial charge in [-0.1, -0.05) is 6.58 Å². The van der Waals surface area contributed by atoms with Crippen LogP contribution in [0.3, 0.4) is 0 Å². The summed E-state index contributed by atoms with van der Waals surface area (Å²) in [4.78, 5) is 0. The molecule has 0 aliphatic rings. The Hall–Kier alpha value is -0.163. The topological polar surface area (TPSA) is 21.7 Å². The van der Waals surface area contributed by atoms with Crippen molar-refractivity contribution in [3.8, 4) is 0 Å². The van der Waals surface area contributed by atoms with Crippen molar-refractivity contribution in [1.29, 1.82) is 0 Å². The van der Waals surface area contributed by atoms with Crippen LogP contribution in [0.4, 0.5) is 0 Å². The fourth-order valence-electron chi connectivity index (χ4n) is 1.32. The second kappa shape index (κ2) is 6.34. The number of hydrogen-bond acceptors (Lipinski definition) is 3. The molecule has 0 saturated heterocycles. The van der Waals surface area contributed by atoms with Crippen LogP contribution in [-0.2, 0) is 9.47 Å². The van der Waals surface area contributed by atoms with Gasteiger partial charge in [-0.05, 0) is 40.1 Å². The van der Waals surface area contributed by atoms with E-state index in [1.807, 2.05) is 20.8 Å². The lowest BCUT2D eigenvalue weighted by Gasteiger charge is -2.32. The average Bonchev–Trinajstić information content (AvgIpc) is 2.03. The highest BCUT2D eigenvalue weighted by atomic mass is 28.2. The van der Waals surface area contributed by atoms with E-state index >= 15 is 0 Å². The summed E-state index contributed by atoms with van der Waals surface area (Å²) in [5.74, 6) is -0.583. The van der Waals surface area contributed by atoms with Gasteiger partial charge in [-0.15, -0.1) is 0 Å². The molecule has 0 aromatic carbocycles. The average molecular weight is 217 g/mol. The van der Waals surface area contributed by atoms with Gasteiger partial charge in [0, 0.05) is 13.2 Å². The first kappa shape index (κ1) is 13.8. The summed E-state index contributed by atoms with van der Waals surface area (Å²) >= 11 is 0. The second-order valence-electron chi connectivity index (χ2n) is 3.65. The summed E-state index contributed by atoms with van der Waals surface area (Å²) in [5, 5.41) is 1.09. The SMILES string of the molecule is C=C([SiH2]N(C)C)C(C)(OCC)OCC. The molecule has 0 aliphatic heterocycles. The van der Waals surface area contributed by atoms with Gasteiger partial charge < -0.3 is 14.0 Å². The molecule has 0 amide bonds. The van der Waals surface area contributed by atoms with E-state index in [4.69, 9.17) is 9.47 Å². The molecule has 0 saturated carbocycles. The second-order valence-corrected chi connectivity index (χ2v) is 6.09. The first-order valence-electron chi connectivity index (χ1n) is 5.07. The molecular formula is C10H23NO2Si. The summed E-state index contributed by atoms with van der Waals surface area (Å²) in [5.41, 5.74) is 0. The van der Waals surface area contributed by atoms with E-state index in [1.165, 1.54) is 0 Å². The summed E-state index contributed by atoms with van der Waals surface area (Å²) in [6.45, 7) is 11.3. The van der Waals surface area contributed by atoms with Crippen LogP contribution < -0.4 is 0 Å². The molecule has 4 heteroatoms. The van der Waals surface area contributed by atoms with Gasteiger partial charge in [0.15, 0.2) is 5.79 Å². The fraction of sp³-hybridized carbons (Fsp3) is 0.800. The van der Waals surface area contributed by atoms with Gasteiger partial charge in [0.05, 0.1) is 0 Å². The quantitative estimate of drug-likeness (QED) is 0.468. The smallest absolute Gasteiger partial charge is 0.184 e. The molecule has 0 fully saturated rings. The standard InChI is InChI=1S/C10H23NO2Si/c1-7-12-10(4,13-8-2)9(3)14-11(5)6/h3,7-8,14H2,1-2,4-6H3.